The molecule has 0 amide bonds. The number of rotatable bonds is 11. The highest BCUT2D eigenvalue weighted by molar-refractivity contribution is 7.32. The van der Waals surface area contributed by atoms with Gasteiger partial charge in [-0.05, 0) is 19.9 Å². The van der Waals surface area contributed by atoms with Crippen molar-refractivity contribution < 1.29 is 14.0 Å². The lowest BCUT2D eigenvalue weighted by Gasteiger charge is -2.06. The summed E-state index contributed by atoms with van der Waals surface area (Å²) in [6.45, 7) is 9.15. The van der Waals surface area contributed by atoms with E-state index >= 15 is 0 Å². The number of unbranched alkanes of at least 4 members (excludes halogenated alkanes) is 6. The van der Waals surface area contributed by atoms with Gasteiger partial charge in [-0.15, -0.1) is 9.42 Å². The highest BCUT2D eigenvalue weighted by Crippen LogP contribution is 2.16. The Bertz CT molecular complexity index is 190. The van der Waals surface area contributed by atoms with Gasteiger partial charge in [0.1, 0.15) is 0 Å². The van der Waals surface area contributed by atoms with Crippen LogP contribution in [0.3, 0.4) is 0 Å². The maximum absolute atomic E-state index is 10.3. The molecule has 116 valence electrons. The van der Waals surface area contributed by atoms with Crippen LogP contribution in [-0.4, -0.2) is 17.7 Å². The van der Waals surface area contributed by atoms with Crippen molar-refractivity contribution >= 4 is 8.25 Å². The van der Waals surface area contributed by atoms with Crippen LogP contribution in [-0.2, 0) is 9.09 Å². The van der Waals surface area contributed by atoms with Crippen molar-refractivity contribution in [1.82, 2.24) is 5.32 Å². The maximum atomic E-state index is 10.3. The van der Waals surface area contributed by atoms with Crippen molar-refractivity contribution in [2.24, 2.45) is 0 Å². The van der Waals surface area contributed by atoms with E-state index in [1.807, 2.05) is 0 Å². The molecule has 0 bridgehead atoms. The fraction of sp³-hybridized carbons (Fsp3) is 1.00. The molecule has 0 aromatic carbocycles. The zero-order valence-electron chi connectivity index (χ0n) is 13.2. The van der Waals surface area contributed by atoms with Gasteiger partial charge >= 0.3 is 8.25 Å². The second kappa shape index (κ2) is 18.0. The van der Waals surface area contributed by atoms with Gasteiger partial charge in [-0.1, -0.05) is 65.7 Å². The third kappa shape index (κ3) is 23.5. The van der Waals surface area contributed by atoms with E-state index in [0.29, 0.717) is 0 Å². The van der Waals surface area contributed by atoms with Gasteiger partial charge in [0.25, 0.3) is 0 Å². The molecule has 0 aliphatic carbocycles. The van der Waals surface area contributed by atoms with E-state index in [1.165, 1.54) is 44.9 Å². The van der Waals surface area contributed by atoms with Gasteiger partial charge in [-0.2, -0.15) is 0 Å². The molecule has 0 aromatic rings. The van der Waals surface area contributed by atoms with Crippen LogP contribution in [0.4, 0.5) is 0 Å². The maximum Gasteiger partial charge on any atom is 0.696 e. The molecule has 0 heterocycles. The van der Waals surface area contributed by atoms with E-state index in [0.717, 1.165) is 13.0 Å². The van der Waals surface area contributed by atoms with Crippen LogP contribution in [0.1, 0.15) is 79.1 Å². The fourth-order valence-electron chi connectivity index (χ4n) is 1.38. The molecule has 2 N–H and O–H groups in total. The van der Waals surface area contributed by atoms with Crippen LogP contribution >= 0.6 is 8.25 Å². The van der Waals surface area contributed by atoms with Gasteiger partial charge in [0, 0.05) is 4.57 Å². The first-order chi connectivity index (χ1) is 9.08. The molecule has 5 heteroatoms. The molecule has 0 radical (unpaired) electrons. The molecular weight excluding hydrogens is 261 g/mol. The first-order valence-corrected chi connectivity index (χ1v) is 8.77. The van der Waals surface area contributed by atoms with Crippen molar-refractivity contribution in [3.05, 3.63) is 0 Å². The van der Waals surface area contributed by atoms with E-state index in [1.54, 1.807) is 6.92 Å². The summed E-state index contributed by atoms with van der Waals surface area (Å²) < 4.78 is 15.0. The van der Waals surface area contributed by atoms with E-state index in [2.05, 4.69) is 30.6 Å². The van der Waals surface area contributed by atoms with Crippen molar-refractivity contribution in [3.8, 4) is 0 Å². The Balaban J connectivity index is 0. The third-order valence-corrected chi connectivity index (χ3v) is 3.21. The summed E-state index contributed by atoms with van der Waals surface area (Å²) in [5.74, 6) is 0. The quantitative estimate of drug-likeness (QED) is 0.328. The summed E-state index contributed by atoms with van der Waals surface area (Å²) in [7, 11) is -2.48. The second-order valence-electron chi connectivity index (χ2n) is 4.71. The molecular formula is C14H33NO3P+. The third-order valence-electron chi connectivity index (χ3n) is 2.71. The molecule has 19 heavy (non-hydrogen) atoms. The predicted molar refractivity (Wildman–Crippen MR) is 82.3 cm³/mol. The van der Waals surface area contributed by atoms with Crippen LogP contribution in [0.5, 0.6) is 0 Å². The van der Waals surface area contributed by atoms with Crippen molar-refractivity contribution in [1.29, 1.82) is 0 Å². The van der Waals surface area contributed by atoms with E-state index in [9.17, 15) is 4.57 Å². The van der Waals surface area contributed by atoms with Crippen LogP contribution in [0.15, 0.2) is 0 Å². The van der Waals surface area contributed by atoms with E-state index in [-0.39, 0.29) is 6.23 Å². The monoisotopic (exact) mass is 294 g/mol. The standard InChI is InChI=1S/C10H22NO3P.C4H10/c1-3-4-5-6-7-8-9-11-10(2)14-15(12)13;1-3-4-2/h10-11H,3-9H2,1-2H3;3-4H2,1-2H3/p+1. The van der Waals surface area contributed by atoms with Gasteiger partial charge in [-0.3, -0.25) is 5.32 Å². The molecule has 2 atom stereocenters. The van der Waals surface area contributed by atoms with Crippen LogP contribution in [0.2, 0.25) is 0 Å². The largest absolute Gasteiger partial charge is 0.696 e. The minimum absolute atomic E-state index is 0.339. The SMILES string of the molecule is CCCC.CCCCCCCCNC(C)O[P+](=O)O. The Morgan fingerprint density at radius 3 is 2.00 bits per heavy atom. The first kappa shape index (κ1) is 21.3. The first-order valence-electron chi connectivity index (χ1n) is 7.64. The number of hydrogen-bond acceptors (Lipinski definition) is 3. The molecule has 0 aliphatic rings. The fourth-order valence-corrected chi connectivity index (χ4v) is 1.73. The predicted octanol–water partition coefficient (Wildman–Crippen LogP) is 4.76. The van der Waals surface area contributed by atoms with Crippen LogP contribution in [0, 0.1) is 0 Å². The van der Waals surface area contributed by atoms with Crippen molar-refractivity contribution in [2.75, 3.05) is 6.54 Å². The lowest BCUT2D eigenvalue weighted by Crippen LogP contribution is -2.27. The Hall–Kier alpha value is -0.0200. The van der Waals surface area contributed by atoms with Crippen molar-refractivity contribution in [2.45, 2.75) is 85.3 Å². The number of nitrogens with one attached hydrogen (secondary N) is 1. The topological polar surface area (TPSA) is 58.6 Å². The number of hydrogen-bond donors (Lipinski definition) is 2. The van der Waals surface area contributed by atoms with Gasteiger partial charge in [0.05, 0.1) is 0 Å². The molecule has 0 aliphatic heterocycles. The Morgan fingerprint density at radius 2 is 1.53 bits per heavy atom. The average Bonchev–Trinajstić information content (AvgIpc) is 2.37. The summed E-state index contributed by atoms with van der Waals surface area (Å²) in [6, 6.07) is 0. The highest BCUT2D eigenvalue weighted by atomic mass is 31.1. The normalized spacial score (nSPS) is 12.6. The summed E-state index contributed by atoms with van der Waals surface area (Å²) in [6.07, 6.45) is 9.79. The Labute approximate surface area is 120 Å². The molecule has 4 nitrogen and oxygen atoms in total. The molecule has 0 saturated carbocycles. The lowest BCUT2D eigenvalue weighted by atomic mass is 10.1. The van der Waals surface area contributed by atoms with E-state index < -0.39 is 8.25 Å². The van der Waals surface area contributed by atoms with Gasteiger partial charge in [0.15, 0.2) is 6.23 Å². The van der Waals surface area contributed by atoms with E-state index in [4.69, 9.17) is 4.89 Å². The summed E-state index contributed by atoms with van der Waals surface area (Å²) >= 11 is 0. The van der Waals surface area contributed by atoms with Gasteiger partial charge < -0.3 is 0 Å². The molecule has 0 spiro atoms. The lowest BCUT2D eigenvalue weighted by molar-refractivity contribution is 0.171. The second-order valence-corrected chi connectivity index (χ2v) is 5.39. The highest BCUT2D eigenvalue weighted by Gasteiger charge is 2.17. The summed E-state index contributed by atoms with van der Waals surface area (Å²) in [5, 5.41) is 3.04. The summed E-state index contributed by atoms with van der Waals surface area (Å²) in [4.78, 5) is 8.47. The average molecular weight is 294 g/mol. The van der Waals surface area contributed by atoms with Crippen molar-refractivity contribution in [3.63, 3.8) is 0 Å². The van der Waals surface area contributed by atoms with Crippen LogP contribution in [0.25, 0.3) is 0 Å². The smallest absolute Gasteiger partial charge is 0.288 e. The minimum Gasteiger partial charge on any atom is -0.288 e. The molecule has 0 rings (SSSR count). The Morgan fingerprint density at radius 1 is 1.00 bits per heavy atom. The van der Waals surface area contributed by atoms with Gasteiger partial charge in [0.2, 0.25) is 0 Å². The minimum atomic E-state index is -2.48. The summed E-state index contributed by atoms with van der Waals surface area (Å²) in [5.41, 5.74) is 0. The van der Waals surface area contributed by atoms with Crippen LogP contribution < -0.4 is 5.32 Å². The Kier molecular flexibility index (Phi) is 20.1. The van der Waals surface area contributed by atoms with Gasteiger partial charge in [-0.25, -0.2) is 0 Å². The zero-order valence-corrected chi connectivity index (χ0v) is 14.0. The molecule has 0 aromatic heterocycles. The molecule has 0 saturated heterocycles. The zero-order chi connectivity index (χ0) is 14.9. The molecule has 2 unspecified atom stereocenters. The molecule has 0 fully saturated rings.